The molecule has 1 aromatic carbocycles. The summed E-state index contributed by atoms with van der Waals surface area (Å²) in [6, 6.07) is 9.29. The Morgan fingerprint density at radius 3 is 2.69 bits per heavy atom. The van der Waals surface area contributed by atoms with Crippen LogP contribution in [0.5, 0.6) is 0 Å². The number of hydrogen-bond acceptors (Lipinski definition) is 4. The molecule has 2 aromatic rings. The van der Waals surface area contributed by atoms with Crippen molar-refractivity contribution in [2.75, 3.05) is 33.2 Å². The van der Waals surface area contributed by atoms with Gasteiger partial charge in [-0.3, -0.25) is 9.69 Å². The largest absolute Gasteiger partial charge is 0.340 e. The normalized spacial score (nSPS) is 22.4. The number of benzene rings is 1. The molecular formula is C23H35N5O. The van der Waals surface area contributed by atoms with Crippen LogP contribution in [0.1, 0.15) is 45.4 Å². The van der Waals surface area contributed by atoms with Crippen molar-refractivity contribution in [1.29, 1.82) is 0 Å². The quantitative estimate of drug-likeness (QED) is 0.842. The number of carbonyl (C=O) groups excluding carboxylic acids is 1. The lowest BCUT2D eigenvalue weighted by Crippen LogP contribution is -2.51. The number of nitrogens with one attached hydrogen (secondary N) is 1. The van der Waals surface area contributed by atoms with Crippen molar-refractivity contribution in [2.45, 2.75) is 58.2 Å². The number of carbonyl (C=O) groups is 1. The van der Waals surface area contributed by atoms with E-state index in [1.807, 2.05) is 36.2 Å². The molecule has 0 aliphatic carbocycles. The maximum Gasteiger partial charge on any atom is 0.227 e. The lowest BCUT2D eigenvalue weighted by atomic mass is 9.92. The number of imidazole rings is 1. The fourth-order valence-electron chi connectivity index (χ4n) is 5.00. The second-order valence-corrected chi connectivity index (χ2v) is 9.09. The first kappa shape index (κ1) is 20.4. The number of para-hydroxylation sites is 2. The van der Waals surface area contributed by atoms with Gasteiger partial charge in [-0.05, 0) is 71.3 Å². The van der Waals surface area contributed by atoms with Gasteiger partial charge in [0.1, 0.15) is 5.82 Å². The maximum atomic E-state index is 13.1. The van der Waals surface area contributed by atoms with Crippen LogP contribution in [0, 0.1) is 5.92 Å². The van der Waals surface area contributed by atoms with Crippen LogP contribution >= 0.6 is 0 Å². The third-order valence-electron chi connectivity index (χ3n) is 6.75. The number of likely N-dealkylation sites (tertiary alicyclic amines) is 2. The first-order valence-electron chi connectivity index (χ1n) is 11.2. The number of aromatic nitrogens is 2. The topological polar surface area (TPSA) is 55.5 Å². The summed E-state index contributed by atoms with van der Waals surface area (Å²) >= 11 is 0. The van der Waals surface area contributed by atoms with Crippen molar-refractivity contribution in [2.24, 2.45) is 5.92 Å². The summed E-state index contributed by atoms with van der Waals surface area (Å²) < 4.78 is 0. The van der Waals surface area contributed by atoms with E-state index in [1.165, 1.54) is 25.9 Å². The minimum absolute atomic E-state index is 0.112. The summed E-state index contributed by atoms with van der Waals surface area (Å²) in [7, 11) is 1.91. The maximum absolute atomic E-state index is 13.1. The van der Waals surface area contributed by atoms with Gasteiger partial charge in [0.05, 0.1) is 23.5 Å². The number of H-pyrrole nitrogens is 1. The first-order chi connectivity index (χ1) is 14.0. The highest BCUT2D eigenvalue weighted by molar-refractivity contribution is 5.79. The highest BCUT2D eigenvalue weighted by Crippen LogP contribution is 2.26. The molecule has 1 unspecified atom stereocenters. The van der Waals surface area contributed by atoms with Crippen molar-refractivity contribution in [3.05, 3.63) is 30.1 Å². The van der Waals surface area contributed by atoms with Crippen molar-refractivity contribution in [1.82, 2.24) is 24.7 Å². The Balaban J connectivity index is 1.33. The Kier molecular flexibility index (Phi) is 6.20. The van der Waals surface area contributed by atoms with E-state index in [4.69, 9.17) is 0 Å². The minimum Gasteiger partial charge on any atom is -0.340 e. The van der Waals surface area contributed by atoms with E-state index in [0.717, 1.165) is 42.8 Å². The lowest BCUT2D eigenvalue weighted by molar-refractivity contribution is -0.137. The molecule has 1 aromatic heterocycles. The monoisotopic (exact) mass is 397 g/mol. The van der Waals surface area contributed by atoms with Gasteiger partial charge < -0.3 is 14.8 Å². The summed E-state index contributed by atoms with van der Waals surface area (Å²) in [5.74, 6) is 1.23. The molecule has 158 valence electrons. The third-order valence-corrected chi connectivity index (χ3v) is 6.75. The van der Waals surface area contributed by atoms with E-state index in [9.17, 15) is 4.79 Å². The second-order valence-electron chi connectivity index (χ2n) is 9.09. The van der Waals surface area contributed by atoms with E-state index < -0.39 is 0 Å². The summed E-state index contributed by atoms with van der Waals surface area (Å²) in [4.78, 5) is 28.1. The number of aromatic amines is 1. The SMILES string of the molecule is CC(C)N1CCC(N2CCCC(C(=O)N(C)Cc3nc4ccccc4[nH]3)C2)CC1. The van der Waals surface area contributed by atoms with Crippen LogP contribution in [0.25, 0.3) is 11.0 Å². The molecule has 0 radical (unpaired) electrons. The average molecular weight is 398 g/mol. The standard InChI is InChI=1S/C23H35N5O/c1-17(2)27-13-10-19(11-14-27)28-12-6-7-18(15-28)23(29)26(3)16-22-24-20-8-4-5-9-21(20)25-22/h4-5,8-9,17-19H,6-7,10-16H2,1-3H3,(H,24,25). The molecule has 6 heteroatoms. The van der Waals surface area contributed by atoms with Crippen molar-refractivity contribution in [3.8, 4) is 0 Å². The summed E-state index contributed by atoms with van der Waals surface area (Å²) in [6.45, 7) is 9.53. The smallest absolute Gasteiger partial charge is 0.227 e. The van der Waals surface area contributed by atoms with Crippen LogP contribution in [0.3, 0.4) is 0 Å². The zero-order valence-corrected chi connectivity index (χ0v) is 18.1. The third kappa shape index (κ3) is 4.64. The molecule has 2 saturated heterocycles. The van der Waals surface area contributed by atoms with Crippen molar-refractivity contribution < 1.29 is 4.79 Å². The molecule has 0 spiro atoms. The van der Waals surface area contributed by atoms with Crippen LogP contribution in [-0.4, -0.2) is 75.9 Å². The van der Waals surface area contributed by atoms with Crippen LogP contribution < -0.4 is 0 Å². The zero-order valence-electron chi connectivity index (χ0n) is 18.1. The zero-order chi connectivity index (χ0) is 20.4. The molecule has 1 N–H and O–H groups in total. The molecule has 29 heavy (non-hydrogen) atoms. The van der Waals surface area contributed by atoms with Gasteiger partial charge in [0.25, 0.3) is 0 Å². The van der Waals surface area contributed by atoms with Gasteiger partial charge in [-0.1, -0.05) is 12.1 Å². The average Bonchev–Trinajstić information content (AvgIpc) is 3.15. The Bertz CT molecular complexity index is 791. The fraction of sp³-hybridized carbons (Fsp3) is 0.652. The fourth-order valence-corrected chi connectivity index (χ4v) is 5.00. The molecule has 2 aliphatic heterocycles. The van der Waals surface area contributed by atoms with Crippen LogP contribution in [0.15, 0.2) is 24.3 Å². The predicted molar refractivity (Wildman–Crippen MR) is 117 cm³/mol. The molecule has 2 aliphatic rings. The number of piperidine rings is 2. The molecule has 0 saturated carbocycles. The van der Waals surface area contributed by atoms with Crippen molar-refractivity contribution in [3.63, 3.8) is 0 Å². The molecule has 0 bridgehead atoms. The first-order valence-corrected chi connectivity index (χ1v) is 11.2. The number of rotatable bonds is 5. The van der Waals surface area contributed by atoms with Crippen molar-refractivity contribution >= 4 is 16.9 Å². The highest BCUT2D eigenvalue weighted by atomic mass is 16.2. The van der Waals surface area contributed by atoms with Crippen LogP contribution in [0.4, 0.5) is 0 Å². The van der Waals surface area contributed by atoms with Gasteiger partial charge >= 0.3 is 0 Å². The Morgan fingerprint density at radius 1 is 1.21 bits per heavy atom. The highest BCUT2D eigenvalue weighted by Gasteiger charge is 2.33. The Morgan fingerprint density at radius 2 is 1.97 bits per heavy atom. The molecule has 2 fully saturated rings. The number of fused-ring (bicyclic) bond motifs is 1. The van der Waals surface area contributed by atoms with Gasteiger partial charge in [-0.2, -0.15) is 0 Å². The van der Waals surface area contributed by atoms with E-state index in [2.05, 4.69) is 33.6 Å². The van der Waals surface area contributed by atoms with Crippen LogP contribution in [-0.2, 0) is 11.3 Å². The van der Waals surface area contributed by atoms with Gasteiger partial charge in [-0.15, -0.1) is 0 Å². The summed E-state index contributed by atoms with van der Waals surface area (Å²) in [5, 5.41) is 0. The van der Waals surface area contributed by atoms with Gasteiger partial charge in [0, 0.05) is 25.7 Å². The predicted octanol–water partition coefficient (Wildman–Crippen LogP) is 3.11. The Hall–Kier alpha value is -1.92. The summed E-state index contributed by atoms with van der Waals surface area (Å²) in [6.07, 6.45) is 4.59. The lowest BCUT2D eigenvalue weighted by Gasteiger charge is -2.43. The number of amides is 1. The Labute approximate surface area is 174 Å². The molecular weight excluding hydrogens is 362 g/mol. The van der Waals surface area contributed by atoms with Crippen LogP contribution in [0.2, 0.25) is 0 Å². The van der Waals surface area contributed by atoms with Gasteiger partial charge in [-0.25, -0.2) is 4.98 Å². The number of nitrogens with zero attached hydrogens (tertiary/aromatic N) is 4. The van der Waals surface area contributed by atoms with Gasteiger partial charge in [0.2, 0.25) is 5.91 Å². The summed E-state index contributed by atoms with van der Waals surface area (Å²) in [5.41, 5.74) is 1.99. The molecule has 1 atom stereocenters. The van der Waals surface area contributed by atoms with Gasteiger partial charge in [0.15, 0.2) is 0 Å². The van der Waals surface area contributed by atoms with E-state index in [0.29, 0.717) is 18.6 Å². The minimum atomic E-state index is 0.112. The molecule has 4 rings (SSSR count). The van der Waals surface area contributed by atoms with E-state index in [1.54, 1.807) is 0 Å². The molecule has 3 heterocycles. The second kappa shape index (κ2) is 8.84. The van der Waals surface area contributed by atoms with E-state index in [-0.39, 0.29) is 11.8 Å². The van der Waals surface area contributed by atoms with E-state index >= 15 is 0 Å². The molecule has 1 amide bonds. The number of hydrogen-bond donors (Lipinski definition) is 1. The molecule has 6 nitrogen and oxygen atoms in total.